The topological polar surface area (TPSA) is 29.5 Å². The summed E-state index contributed by atoms with van der Waals surface area (Å²) in [6.07, 6.45) is 2.63. The fourth-order valence-electron chi connectivity index (χ4n) is 2.52. The van der Waals surface area contributed by atoms with Crippen LogP contribution < -0.4 is 4.74 Å². The second-order valence-electron chi connectivity index (χ2n) is 5.41. The van der Waals surface area contributed by atoms with Gasteiger partial charge in [0.15, 0.2) is 0 Å². The van der Waals surface area contributed by atoms with Crippen molar-refractivity contribution in [1.82, 2.24) is 0 Å². The van der Waals surface area contributed by atoms with Gasteiger partial charge in [0, 0.05) is 11.5 Å². The first-order valence-corrected chi connectivity index (χ1v) is 6.56. The largest absolute Gasteiger partial charge is 0.493 e. The molecule has 0 spiro atoms. The van der Waals surface area contributed by atoms with Crippen LogP contribution in [-0.4, -0.2) is 17.8 Å². The van der Waals surface area contributed by atoms with Crippen molar-refractivity contribution < 1.29 is 9.84 Å². The van der Waals surface area contributed by atoms with Crippen LogP contribution in [0.3, 0.4) is 0 Å². The lowest BCUT2D eigenvalue weighted by atomic mass is 9.93. The molecule has 1 heterocycles. The van der Waals surface area contributed by atoms with E-state index in [1.807, 2.05) is 12.1 Å². The molecular weight excluding hydrogens is 212 g/mol. The number of ether oxygens (including phenoxy) is 1. The van der Waals surface area contributed by atoms with Crippen molar-refractivity contribution in [3.8, 4) is 5.75 Å². The van der Waals surface area contributed by atoms with Crippen molar-refractivity contribution in [3.63, 3.8) is 0 Å². The van der Waals surface area contributed by atoms with Crippen molar-refractivity contribution in [1.29, 1.82) is 0 Å². The summed E-state index contributed by atoms with van der Waals surface area (Å²) >= 11 is 0. The number of hydrogen-bond acceptors (Lipinski definition) is 2. The molecule has 0 saturated carbocycles. The van der Waals surface area contributed by atoms with Crippen molar-refractivity contribution >= 4 is 0 Å². The molecule has 1 aromatic carbocycles. The highest BCUT2D eigenvalue weighted by atomic mass is 16.5. The molecule has 94 valence electrons. The maximum atomic E-state index is 9.89. The van der Waals surface area contributed by atoms with E-state index in [1.165, 1.54) is 5.56 Å². The van der Waals surface area contributed by atoms with E-state index in [9.17, 15) is 5.11 Å². The van der Waals surface area contributed by atoms with Gasteiger partial charge in [-0.2, -0.15) is 0 Å². The quantitative estimate of drug-likeness (QED) is 0.846. The lowest BCUT2D eigenvalue weighted by Gasteiger charge is -2.15. The molecule has 1 aliphatic heterocycles. The van der Waals surface area contributed by atoms with Gasteiger partial charge in [-0.3, -0.25) is 0 Å². The summed E-state index contributed by atoms with van der Waals surface area (Å²) in [4.78, 5) is 0. The van der Waals surface area contributed by atoms with Crippen LogP contribution in [0.25, 0.3) is 0 Å². The summed E-state index contributed by atoms with van der Waals surface area (Å²) in [5, 5.41) is 9.89. The van der Waals surface area contributed by atoms with E-state index in [2.05, 4.69) is 26.0 Å². The number of para-hydroxylation sites is 1. The van der Waals surface area contributed by atoms with E-state index in [1.54, 1.807) is 0 Å². The van der Waals surface area contributed by atoms with Crippen LogP contribution in [0.4, 0.5) is 0 Å². The normalized spacial score (nSPS) is 20.1. The van der Waals surface area contributed by atoms with Gasteiger partial charge in [-0.05, 0) is 31.2 Å². The zero-order valence-corrected chi connectivity index (χ0v) is 10.7. The van der Waals surface area contributed by atoms with Crippen LogP contribution in [0, 0.1) is 5.92 Å². The molecule has 2 rings (SSSR count). The molecule has 0 radical (unpaired) electrons. The monoisotopic (exact) mass is 234 g/mol. The van der Waals surface area contributed by atoms with Crippen LogP contribution >= 0.6 is 0 Å². The predicted molar refractivity (Wildman–Crippen MR) is 69.4 cm³/mol. The van der Waals surface area contributed by atoms with Gasteiger partial charge < -0.3 is 9.84 Å². The molecule has 2 atom stereocenters. The SMILES string of the molecule is CC(C)CC(O)CCC1COc2ccccc21. The highest BCUT2D eigenvalue weighted by Crippen LogP contribution is 2.36. The van der Waals surface area contributed by atoms with E-state index in [-0.39, 0.29) is 6.10 Å². The smallest absolute Gasteiger partial charge is 0.122 e. The molecule has 0 aliphatic carbocycles. The first-order chi connectivity index (χ1) is 8.16. The van der Waals surface area contributed by atoms with E-state index < -0.39 is 0 Å². The average Bonchev–Trinajstić information content (AvgIpc) is 2.69. The van der Waals surface area contributed by atoms with Gasteiger partial charge in [-0.25, -0.2) is 0 Å². The fourth-order valence-corrected chi connectivity index (χ4v) is 2.52. The number of aliphatic hydroxyl groups is 1. The Bertz CT molecular complexity index is 360. The number of hydrogen-bond donors (Lipinski definition) is 1. The van der Waals surface area contributed by atoms with Crippen LogP contribution in [0.2, 0.25) is 0 Å². The zero-order chi connectivity index (χ0) is 12.3. The van der Waals surface area contributed by atoms with Crippen LogP contribution in [0.5, 0.6) is 5.75 Å². The fraction of sp³-hybridized carbons (Fsp3) is 0.600. The van der Waals surface area contributed by atoms with Gasteiger partial charge >= 0.3 is 0 Å². The standard InChI is InChI=1S/C15H22O2/c1-11(2)9-13(16)8-7-12-10-17-15-6-4-3-5-14(12)15/h3-6,11-13,16H,7-10H2,1-2H3. The Balaban J connectivity index is 1.85. The third-order valence-electron chi connectivity index (χ3n) is 3.39. The summed E-state index contributed by atoms with van der Waals surface area (Å²) in [6.45, 7) is 5.07. The maximum absolute atomic E-state index is 9.89. The van der Waals surface area contributed by atoms with Gasteiger partial charge in [0.2, 0.25) is 0 Å². The van der Waals surface area contributed by atoms with Gasteiger partial charge in [0.05, 0.1) is 12.7 Å². The van der Waals surface area contributed by atoms with Crippen molar-refractivity contribution in [3.05, 3.63) is 29.8 Å². The summed E-state index contributed by atoms with van der Waals surface area (Å²) in [7, 11) is 0. The van der Waals surface area contributed by atoms with Crippen molar-refractivity contribution in [2.45, 2.75) is 45.1 Å². The Kier molecular flexibility index (Phi) is 4.06. The molecule has 0 amide bonds. The summed E-state index contributed by atoms with van der Waals surface area (Å²) in [6, 6.07) is 8.24. The Morgan fingerprint density at radius 3 is 2.88 bits per heavy atom. The summed E-state index contributed by atoms with van der Waals surface area (Å²) < 4.78 is 5.64. The maximum Gasteiger partial charge on any atom is 0.122 e. The van der Waals surface area contributed by atoms with Gasteiger partial charge in [0.25, 0.3) is 0 Å². The number of aliphatic hydroxyl groups excluding tert-OH is 1. The first kappa shape index (κ1) is 12.4. The molecule has 2 nitrogen and oxygen atoms in total. The molecule has 0 fully saturated rings. The van der Waals surface area contributed by atoms with Gasteiger partial charge in [-0.1, -0.05) is 32.0 Å². The van der Waals surface area contributed by atoms with Crippen LogP contribution in [-0.2, 0) is 0 Å². The number of benzene rings is 1. The average molecular weight is 234 g/mol. The third-order valence-corrected chi connectivity index (χ3v) is 3.39. The molecule has 0 saturated heterocycles. The third kappa shape index (κ3) is 3.22. The Morgan fingerprint density at radius 1 is 1.35 bits per heavy atom. The van der Waals surface area contributed by atoms with Crippen LogP contribution in [0.15, 0.2) is 24.3 Å². The molecule has 1 N–H and O–H groups in total. The summed E-state index contributed by atoms with van der Waals surface area (Å²) in [5.74, 6) is 2.06. The Morgan fingerprint density at radius 2 is 2.12 bits per heavy atom. The molecule has 1 aromatic rings. The second kappa shape index (κ2) is 5.54. The highest BCUT2D eigenvalue weighted by molar-refractivity contribution is 5.39. The molecular formula is C15H22O2. The zero-order valence-electron chi connectivity index (χ0n) is 10.7. The van der Waals surface area contributed by atoms with E-state index in [0.717, 1.165) is 31.6 Å². The molecule has 2 heteroatoms. The second-order valence-corrected chi connectivity index (χ2v) is 5.41. The highest BCUT2D eigenvalue weighted by Gasteiger charge is 2.24. The minimum Gasteiger partial charge on any atom is -0.493 e. The van der Waals surface area contributed by atoms with Gasteiger partial charge in [-0.15, -0.1) is 0 Å². The Hall–Kier alpha value is -1.02. The molecule has 2 unspecified atom stereocenters. The van der Waals surface area contributed by atoms with Crippen molar-refractivity contribution in [2.75, 3.05) is 6.61 Å². The predicted octanol–water partition coefficient (Wildman–Crippen LogP) is 3.35. The van der Waals surface area contributed by atoms with Crippen molar-refractivity contribution in [2.24, 2.45) is 5.92 Å². The molecule has 1 aliphatic rings. The first-order valence-electron chi connectivity index (χ1n) is 6.56. The lowest BCUT2D eigenvalue weighted by molar-refractivity contribution is 0.133. The summed E-state index contributed by atoms with van der Waals surface area (Å²) in [5.41, 5.74) is 1.31. The molecule has 0 bridgehead atoms. The Labute approximate surface area is 104 Å². The van der Waals surface area contributed by atoms with Gasteiger partial charge in [0.1, 0.15) is 5.75 Å². The van der Waals surface area contributed by atoms with E-state index >= 15 is 0 Å². The lowest BCUT2D eigenvalue weighted by Crippen LogP contribution is -2.12. The molecule has 17 heavy (non-hydrogen) atoms. The van der Waals surface area contributed by atoms with E-state index in [4.69, 9.17) is 4.74 Å². The van der Waals surface area contributed by atoms with Crippen LogP contribution in [0.1, 0.15) is 44.6 Å². The number of fused-ring (bicyclic) bond motifs is 1. The molecule has 0 aromatic heterocycles. The van der Waals surface area contributed by atoms with E-state index in [0.29, 0.717) is 11.8 Å². The minimum absolute atomic E-state index is 0.164. The number of rotatable bonds is 5. The minimum atomic E-state index is -0.164.